The van der Waals surface area contributed by atoms with Crippen molar-refractivity contribution < 1.29 is 35.9 Å². The first-order valence-electron chi connectivity index (χ1n) is 13.4. The Morgan fingerprint density at radius 3 is 2.40 bits per heavy atom. The fourth-order valence-electron chi connectivity index (χ4n) is 4.96. The van der Waals surface area contributed by atoms with E-state index in [0.29, 0.717) is 22.6 Å². The van der Waals surface area contributed by atoms with Gasteiger partial charge in [-0.05, 0) is 82.7 Å². The van der Waals surface area contributed by atoms with Crippen molar-refractivity contribution in [2.75, 3.05) is 51.0 Å². The number of benzene rings is 2. The van der Waals surface area contributed by atoms with E-state index < -0.39 is 35.8 Å². The Kier molecular flexibility index (Phi) is 9.04. The largest absolute Gasteiger partial charge is 0.471 e. The maximum Gasteiger partial charge on any atom is 0.471 e. The molecule has 0 saturated carbocycles. The molecule has 0 saturated heterocycles. The van der Waals surface area contributed by atoms with Crippen molar-refractivity contribution in [1.29, 1.82) is 0 Å². The minimum absolute atomic E-state index is 0.0626. The number of carbonyl (C=O) groups excluding carboxylic acids is 2. The van der Waals surface area contributed by atoms with Gasteiger partial charge in [-0.15, -0.1) is 0 Å². The number of halogens is 6. The summed E-state index contributed by atoms with van der Waals surface area (Å²) in [7, 11) is 5.88. The van der Waals surface area contributed by atoms with Crippen LogP contribution in [0.15, 0.2) is 36.4 Å². The summed E-state index contributed by atoms with van der Waals surface area (Å²) in [6.45, 7) is 1.37. The quantitative estimate of drug-likeness (QED) is 0.240. The lowest BCUT2D eigenvalue weighted by atomic mass is 10.1. The van der Waals surface area contributed by atoms with Gasteiger partial charge >= 0.3 is 18.3 Å². The lowest BCUT2D eigenvalue weighted by molar-refractivity contribution is -0.173. The van der Waals surface area contributed by atoms with Crippen molar-refractivity contribution >= 4 is 34.2 Å². The van der Waals surface area contributed by atoms with Crippen molar-refractivity contribution in [1.82, 2.24) is 19.8 Å². The minimum Gasteiger partial charge on any atom is -0.375 e. The summed E-state index contributed by atoms with van der Waals surface area (Å²) in [5, 5.41) is 4.69. The number of fused-ring (bicyclic) bond motifs is 5. The van der Waals surface area contributed by atoms with Crippen molar-refractivity contribution in [2.45, 2.75) is 44.1 Å². The van der Waals surface area contributed by atoms with Gasteiger partial charge in [-0.25, -0.2) is 4.98 Å². The monoisotopic (exact) mass is 598 g/mol. The number of carbonyl (C=O) groups is 2. The molecule has 0 radical (unpaired) electrons. The zero-order chi connectivity index (χ0) is 30.8. The Morgan fingerprint density at radius 1 is 1.00 bits per heavy atom. The predicted molar refractivity (Wildman–Crippen MR) is 147 cm³/mol. The van der Waals surface area contributed by atoms with Crippen LogP contribution in [0.5, 0.6) is 0 Å². The molecule has 42 heavy (non-hydrogen) atoms. The first-order valence-corrected chi connectivity index (χ1v) is 13.4. The summed E-state index contributed by atoms with van der Waals surface area (Å²) in [4.78, 5) is 33.2. The fraction of sp³-hybridized carbons (Fsp3) is 0.464. The molecule has 1 atom stereocenters. The standard InChI is InChI=1S/C28H32F6N6O2/c1-38(2)13-6-14-39(3)18-9-10-20-19(16-18)24-36-21-15-17(27(29,30)31)8-11-22(21)40(24)23(25(41)37-20)7-4-5-12-35-26(42)28(32,33)34/h8-11,15-16,23H,4-7,12-14H2,1-3H3,(H,35,42)(H,37,41). The van der Waals surface area contributed by atoms with Crippen LogP contribution in [0.1, 0.15) is 37.3 Å². The molecule has 1 aliphatic heterocycles. The van der Waals surface area contributed by atoms with Crippen LogP contribution >= 0.6 is 0 Å². The van der Waals surface area contributed by atoms with Crippen LogP contribution < -0.4 is 15.5 Å². The minimum atomic E-state index is -4.99. The fourth-order valence-corrected chi connectivity index (χ4v) is 4.96. The molecule has 3 aromatic rings. The number of unbranched alkanes of at least 4 members (excludes halogenated alkanes) is 1. The Hall–Kier alpha value is -3.81. The number of anilines is 2. The molecule has 0 bridgehead atoms. The zero-order valence-electron chi connectivity index (χ0n) is 23.4. The van der Waals surface area contributed by atoms with Gasteiger partial charge in [0.05, 0.1) is 22.3 Å². The van der Waals surface area contributed by atoms with Crippen LogP contribution in [0, 0.1) is 0 Å². The summed E-state index contributed by atoms with van der Waals surface area (Å²) in [6.07, 6.45) is -8.13. The second kappa shape index (κ2) is 12.2. The smallest absolute Gasteiger partial charge is 0.375 e. The van der Waals surface area contributed by atoms with Gasteiger partial charge in [0.1, 0.15) is 11.9 Å². The number of nitrogens with one attached hydrogen (secondary N) is 2. The third kappa shape index (κ3) is 6.97. The van der Waals surface area contributed by atoms with Crippen LogP contribution in [0.4, 0.5) is 37.7 Å². The molecule has 1 aromatic heterocycles. The van der Waals surface area contributed by atoms with Crippen molar-refractivity contribution in [3.8, 4) is 11.4 Å². The Balaban J connectivity index is 1.69. The molecule has 2 heterocycles. The van der Waals surface area contributed by atoms with E-state index in [1.807, 2.05) is 38.2 Å². The van der Waals surface area contributed by atoms with Crippen LogP contribution in [0.25, 0.3) is 22.4 Å². The average Bonchev–Trinajstić information content (AvgIpc) is 3.22. The summed E-state index contributed by atoms with van der Waals surface area (Å²) in [6, 6.07) is 7.64. The molecule has 0 fully saturated rings. The Bertz CT molecular complexity index is 1450. The van der Waals surface area contributed by atoms with E-state index in [-0.39, 0.29) is 31.3 Å². The number of amides is 2. The van der Waals surface area contributed by atoms with Crippen molar-refractivity contribution in [3.63, 3.8) is 0 Å². The SMILES string of the molecule is CN(C)CCCN(C)c1ccc2c(c1)-c1nc3cc(C(F)(F)F)ccc3n1C(CCCCNC(=O)C(F)(F)F)C(=O)N2. The van der Waals surface area contributed by atoms with E-state index in [9.17, 15) is 35.9 Å². The predicted octanol–water partition coefficient (Wildman–Crippen LogP) is 5.45. The number of aromatic nitrogens is 2. The molecule has 2 N–H and O–H groups in total. The van der Waals surface area contributed by atoms with Gasteiger partial charge in [-0.2, -0.15) is 26.3 Å². The summed E-state index contributed by atoms with van der Waals surface area (Å²) in [5.74, 6) is -2.17. The van der Waals surface area contributed by atoms with Crippen LogP contribution in [0.2, 0.25) is 0 Å². The van der Waals surface area contributed by atoms with Gasteiger partial charge in [0.15, 0.2) is 0 Å². The summed E-state index contributed by atoms with van der Waals surface area (Å²) < 4.78 is 79.5. The molecule has 1 aliphatic rings. The zero-order valence-corrected chi connectivity index (χ0v) is 23.4. The average molecular weight is 599 g/mol. The molecule has 2 amide bonds. The third-order valence-corrected chi connectivity index (χ3v) is 7.12. The maximum absolute atomic E-state index is 13.5. The van der Waals surface area contributed by atoms with Gasteiger partial charge < -0.3 is 25.0 Å². The molecular weight excluding hydrogens is 566 g/mol. The van der Waals surface area contributed by atoms with Crippen LogP contribution in [0.3, 0.4) is 0 Å². The van der Waals surface area contributed by atoms with Crippen molar-refractivity contribution in [3.05, 3.63) is 42.0 Å². The van der Waals surface area contributed by atoms with E-state index >= 15 is 0 Å². The molecule has 4 rings (SSSR count). The highest BCUT2D eigenvalue weighted by Crippen LogP contribution is 2.41. The van der Waals surface area contributed by atoms with E-state index in [1.54, 1.807) is 16.0 Å². The van der Waals surface area contributed by atoms with Crippen LogP contribution in [-0.4, -0.2) is 73.2 Å². The van der Waals surface area contributed by atoms with Gasteiger partial charge in [-0.3, -0.25) is 9.59 Å². The second-order valence-electron chi connectivity index (χ2n) is 10.6. The summed E-state index contributed by atoms with van der Waals surface area (Å²) in [5.41, 5.74) is 1.31. The molecule has 0 aliphatic carbocycles. The Morgan fingerprint density at radius 2 is 1.74 bits per heavy atom. The topological polar surface area (TPSA) is 82.5 Å². The van der Waals surface area contributed by atoms with Gasteiger partial charge in [0.25, 0.3) is 0 Å². The Labute approximate surface area is 238 Å². The normalized spacial score (nSPS) is 15.3. The number of nitrogens with zero attached hydrogens (tertiary/aromatic N) is 4. The number of alkyl halides is 6. The summed E-state index contributed by atoms with van der Waals surface area (Å²) >= 11 is 0. The first-order chi connectivity index (χ1) is 19.7. The van der Waals surface area contributed by atoms with Crippen molar-refractivity contribution in [2.24, 2.45) is 0 Å². The van der Waals surface area contributed by atoms with Gasteiger partial charge in [0.2, 0.25) is 5.91 Å². The molecule has 8 nitrogen and oxygen atoms in total. The molecule has 228 valence electrons. The van der Waals surface area contributed by atoms with E-state index in [1.165, 1.54) is 6.07 Å². The molecular formula is C28H32F6N6O2. The highest BCUT2D eigenvalue weighted by molar-refractivity contribution is 6.02. The first kappa shape index (κ1) is 31.1. The highest BCUT2D eigenvalue weighted by atomic mass is 19.4. The lowest BCUT2D eigenvalue weighted by Crippen LogP contribution is -2.37. The highest BCUT2D eigenvalue weighted by Gasteiger charge is 2.38. The van der Waals surface area contributed by atoms with Gasteiger partial charge in [0, 0.05) is 31.4 Å². The number of rotatable bonds is 10. The lowest BCUT2D eigenvalue weighted by Gasteiger charge is -2.21. The second-order valence-corrected chi connectivity index (χ2v) is 10.6. The van der Waals surface area contributed by atoms with Crippen LogP contribution in [-0.2, 0) is 15.8 Å². The van der Waals surface area contributed by atoms with E-state index in [2.05, 4.69) is 15.2 Å². The van der Waals surface area contributed by atoms with Gasteiger partial charge in [-0.1, -0.05) is 0 Å². The molecule has 14 heteroatoms. The number of hydrogen-bond donors (Lipinski definition) is 2. The molecule has 0 spiro atoms. The number of imidazole rings is 1. The molecule has 2 aromatic carbocycles. The molecule has 1 unspecified atom stereocenters. The maximum atomic E-state index is 13.5. The van der Waals surface area contributed by atoms with E-state index in [4.69, 9.17) is 0 Å². The third-order valence-electron chi connectivity index (χ3n) is 7.12. The van der Waals surface area contributed by atoms with E-state index in [0.717, 1.165) is 37.3 Å². The number of hydrogen-bond acceptors (Lipinski definition) is 5.